The number of imidazole rings is 1. The Morgan fingerprint density at radius 1 is 1.33 bits per heavy atom. The lowest BCUT2D eigenvalue weighted by atomic mass is 10.2. The van der Waals surface area contributed by atoms with Crippen molar-refractivity contribution in [2.24, 2.45) is 0 Å². The summed E-state index contributed by atoms with van der Waals surface area (Å²) >= 11 is 0. The van der Waals surface area contributed by atoms with Gasteiger partial charge in [0.05, 0.1) is 0 Å². The summed E-state index contributed by atoms with van der Waals surface area (Å²) in [5.41, 5.74) is 3.85. The van der Waals surface area contributed by atoms with Crippen molar-refractivity contribution in [3.63, 3.8) is 0 Å². The number of fused-ring (bicyclic) bond motifs is 1. The Kier molecular flexibility index (Phi) is 3.39. The fourth-order valence-electron chi connectivity index (χ4n) is 2.39. The number of carbonyl (C=O) groups is 1. The van der Waals surface area contributed by atoms with Crippen molar-refractivity contribution in [1.29, 1.82) is 0 Å². The first-order valence-electron chi connectivity index (χ1n) is 6.66. The quantitative estimate of drug-likeness (QED) is 0.690. The monoisotopic (exact) mass is 281 g/mol. The zero-order chi connectivity index (χ0) is 14.8. The molecule has 0 spiro atoms. The lowest BCUT2D eigenvalue weighted by Crippen LogP contribution is -2.04. The Morgan fingerprint density at radius 2 is 2.19 bits per heavy atom. The van der Waals surface area contributed by atoms with Crippen molar-refractivity contribution >= 4 is 11.9 Å². The maximum atomic E-state index is 11.2. The van der Waals surface area contributed by atoms with Gasteiger partial charge in [-0.2, -0.15) is 0 Å². The lowest BCUT2D eigenvalue weighted by molar-refractivity contribution is 0.111. The number of pyridine rings is 2. The van der Waals surface area contributed by atoms with E-state index in [1.165, 1.54) is 0 Å². The summed E-state index contributed by atoms with van der Waals surface area (Å²) in [4.78, 5) is 19.7. The second-order valence-electron chi connectivity index (χ2n) is 4.89. The maximum absolute atomic E-state index is 11.2. The average Bonchev–Trinajstić information content (AvgIpc) is 2.94. The van der Waals surface area contributed by atoms with Gasteiger partial charge in [-0.1, -0.05) is 6.07 Å². The lowest BCUT2D eigenvalue weighted by Gasteiger charge is -2.12. The smallest absolute Gasteiger partial charge is 0.172 e. The minimum atomic E-state index is 0.336. The van der Waals surface area contributed by atoms with Crippen LogP contribution in [-0.2, 0) is 6.61 Å². The van der Waals surface area contributed by atoms with Crippen LogP contribution in [0.25, 0.3) is 5.65 Å². The highest BCUT2D eigenvalue weighted by Crippen LogP contribution is 2.23. The van der Waals surface area contributed by atoms with Gasteiger partial charge in [-0.15, -0.1) is 0 Å². The first kappa shape index (κ1) is 13.3. The molecule has 0 atom stereocenters. The Labute approximate surface area is 122 Å². The van der Waals surface area contributed by atoms with E-state index in [2.05, 4.69) is 9.97 Å². The number of hydrogen-bond acceptors (Lipinski definition) is 4. The number of aromatic nitrogens is 3. The van der Waals surface area contributed by atoms with Crippen LogP contribution in [0.2, 0.25) is 0 Å². The van der Waals surface area contributed by atoms with E-state index in [0.717, 1.165) is 28.8 Å². The van der Waals surface area contributed by atoms with Gasteiger partial charge in [0, 0.05) is 29.8 Å². The van der Waals surface area contributed by atoms with Crippen LogP contribution in [0.1, 0.15) is 27.3 Å². The van der Waals surface area contributed by atoms with Crippen LogP contribution in [0.5, 0.6) is 5.75 Å². The summed E-state index contributed by atoms with van der Waals surface area (Å²) in [7, 11) is 0. The van der Waals surface area contributed by atoms with Gasteiger partial charge in [0.2, 0.25) is 0 Å². The molecule has 0 saturated heterocycles. The summed E-state index contributed by atoms with van der Waals surface area (Å²) in [6.45, 7) is 4.11. The fourth-order valence-corrected chi connectivity index (χ4v) is 2.39. The third-order valence-corrected chi connectivity index (χ3v) is 3.30. The summed E-state index contributed by atoms with van der Waals surface area (Å²) in [5, 5.41) is 0. The van der Waals surface area contributed by atoms with Crippen LogP contribution in [0, 0.1) is 13.8 Å². The van der Waals surface area contributed by atoms with Crippen LogP contribution >= 0.6 is 0 Å². The van der Waals surface area contributed by atoms with E-state index in [0.29, 0.717) is 18.1 Å². The van der Waals surface area contributed by atoms with Gasteiger partial charge in [-0.05, 0) is 31.5 Å². The normalized spacial score (nSPS) is 10.8. The molecule has 0 amide bonds. The van der Waals surface area contributed by atoms with Gasteiger partial charge < -0.3 is 9.14 Å². The molecule has 5 nitrogen and oxygen atoms in total. The Balaban J connectivity index is 1.92. The van der Waals surface area contributed by atoms with Gasteiger partial charge in [0.1, 0.15) is 17.9 Å². The zero-order valence-electron chi connectivity index (χ0n) is 11.9. The molecule has 0 bridgehead atoms. The van der Waals surface area contributed by atoms with Crippen molar-refractivity contribution < 1.29 is 9.53 Å². The highest BCUT2D eigenvalue weighted by molar-refractivity contribution is 5.77. The van der Waals surface area contributed by atoms with Crippen molar-refractivity contribution in [3.05, 3.63) is 59.3 Å². The number of aryl methyl sites for hydroxylation is 2. The third kappa shape index (κ3) is 2.50. The van der Waals surface area contributed by atoms with E-state index < -0.39 is 0 Å². The van der Waals surface area contributed by atoms with E-state index >= 15 is 0 Å². The molecule has 0 aliphatic heterocycles. The van der Waals surface area contributed by atoms with E-state index in [-0.39, 0.29) is 0 Å². The summed E-state index contributed by atoms with van der Waals surface area (Å²) < 4.78 is 7.76. The predicted molar refractivity (Wildman–Crippen MR) is 78.6 cm³/mol. The van der Waals surface area contributed by atoms with E-state index in [4.69, 9.17) is 4.74 Å². The molecule has 0 aliphatic rings. The number of ether oxygens (including phenoxy) is 1. The number of hydrogen-bond donors (Lipinski definition) is 0. The Morgan fingerprint density at radius 3 is 3.00 bits per heavy atom. The topological polar surface area (TPSA) is 56.5 Å². The molecule has 0 saturated carbocycles. The highest BCUT2D eigenvalue weighted by Gasteiger charge is 2.11. The van der Waals surface area contributed by atoms with Gasteiger partial charge in [-0.3, -0.25) is 4.79 Å². The molecule has 0 unspecified atom stereocenters. The van der Waals surface area contributed by atoms with Crippen LogP contribution in [-0.4, -0.2) is 20.7 Å². The molecule has 0 aromatic carbocycles. The summed E-state index contributed by atoms with van der Waals surface area (Å²) in [6.07, 6.45) is 6.29. The van der Waals surface area contributed by atoms with Crippen molar-refractivity contribution in [1.82, 2.24) is 14.4 Å². The molecule has 3 rings (SSSR count). The average molecular weight is 281 g/mol. The number of nitrogens with zero attached hydrogens (tertiary/aromatic N) is 3. The van der Waals surface area contributed by atoms with E-state index in [9.17, 15) is 4.79 Å². The molecular formula is C16H15N3O2. The number of carbonyl (C=O) groups excluding carboxylic acids is 1. The predicted octanol–water partition coefficient (Wildman–Crippen LogP) is 2.74. The molecule has 21 heavy (non-hydrogen) atoms. The van der Waals surface area contributed by atoms with Crippen LogP contribution in [0.4, 0.5) is 0 Å². The molecule has 0 radical (unpaired) electrons. The second-order valence-corrected chi connectivity index (χ2v) is 4.89. The zero-order valence-corrected chi connectivity index (χ0v) is 11.9. The summed E-state index contributed by atoms with van der Waals surface area (Å²) in [6, 6.07) is 5.80. The van der Waals surface area contributed by atoms with Crippen LogP contribution < -0.4 is 4.74 Å². The molecule has 3 heterocycles. The summed E-state index contributed by atoms with van der Waals surface area (Å²) in [5.74, 6) is 0.532. The molecule has 0 N–H and O–H groups in total. The van der Waals surface area contributed by atoms with Crippen molar-refractivity contribution in [2.45, 2.75) is 20.5 Å². The van der Waals surface area contributed by atoms with Gasteiger partial charge >= 0.3 is 0 Å². The Bertz CT molecular complexity index is 808. The molecule has 0 fully saturated rings. The second kappa shape index (κ2) is 5.36. The molecule has 0 aliphatic carbocycles. The maximum Gasteiger partial charge on any atom is 0.172 e. The molecule has 3 aromatic heterocycles. The minimum Gasteiger partial charge on any atom is -0.486 e. The van der Waals surface area contributed by atoms with Crippen LogP contribution in [0.3, 0.4) is 0 Å². The van der Waals surface area contributed by atoms with E-state index in [1.807, 2.05) is 48.8 Å². The molecule has 106 valence electrons. The minimum absolute atomic E-state index is 0.336. The molecule has 5 heteroatoms. The first-order valence-corrected chi connectivity index (χ1v) is 6.66. The van der Waals surface area contributed by atoms with Gasteiger partial charge in [0.25, 0.3) is 0 Å². The first-order chi connectivity index (χ1) is 10.2. The van der Waals surface area contributed by atoms with E-state index in [1.54, 1.807) is 6.20 Å². The third-order valence-electron chi connectivity index (χ3n) is 3.30. The highest BCUT2D eigenvalue weighted by atomic mass is 16.5. The van der Waals surface area contributed by atoms with Crippen molar-refractivity contribution in [3.8, 4) is 5.75 Å². The van der Waals surface area contributed by atoms with Gasteiger partial charge in [0.15, 0.2) is 12.0 Å². The standard InChI is InChI=1S/C16H15N3O2/c1-11-8-12(2)18-14(9-20)15(11)21-10-13-4-3-6-19-7-5-17-16(13)19/h3-9H,10H2,1-2H3. The molecular weight excluding hydrogens is 266 g/mol. The van der Waals surface area contributed by atoms with Gasteiger partial charge in [-0.25, -0.2) is 9.97 Å². The van der Waals surface area contributed by atoms with Crippen molar-refractivity contribution in [2.75, 3.05) is 0 Å². The number of rotatable bonds is 4. The fraction of sp³-hybridized carbons (Fsp3) is 0.188. The van der Waals surface area contributed by atoms with Crippen LogP contribution in [0.15, 0.2) is 36.8 Å². The Hall–Kier alpha value is -2.69. The number of aldehydes is 1. The largest absolute Gasteiger partial charge is 0.486 e. The SMILES string of the molecule is Cc1cc(C)c(OCc2cccn3ccnc23)c(C=O)n1. The molecule has 3 aromatic rings.